The van der Waals surface area contributed by atoms with Crippen molar-refractivity contribution < 1.29 is 4.39 Å². The molecule has 0 bridgehead atoms. The first-order chi connectivity index (χ1) is 7.50. The highest BCUT2D eigenvalue weighted by Gasteiger charge is 2.07. The van der Waals surface area contributed by atoms with Crippen molar-refractivity contribution >= 4 is 15.9 Å². The first kappa shape index (κ1) is 13.7. The van der Waals surface area contributed by atoms with Crippen molar-refractivity contribution in [3.05, 3.63) is 34.1 Å². The Balaban J connectivity index is 2.45. The SMILES string of the molecule is CC(C)C(C)CNCc1cc(Br)ccc1F. The van der Waals surface area contributed by atoms with Crippen molar-refractivity contribution in [1.82, 2.24) is 5.32 Å². The van der Waals surface area contributed by atoms with Crippen molar-refractivity contribution in [2.75, 3.05) is 6.54 Å². The van der Waals surface area contributed by atoms with Crippen LogP contribution < -0.4 is 5.32 Å². The minimum absolute atomic E-state index is 0.145. The van der Waals surface area contributed by atoms with Crippen LogP contribution >= 0.6 is 15.9 Å². The molecule has 0 saturated carbocycles. The molecule has 0 amide bonds. The third-order valence-electron chi connectivity index (χ3n) is 2.93. The minimum atomic E-state index is -0.145. The zero-order valence-electron chi connectivity index (χ0n) is 10.1. The summed E-state index contributed by atoms with van der Waals surface area (Å²) in [4.78, 5) is 0. The van der Waals surface area contributed by atoms with Crippen LogP contribution in [-0.4, -0.2) is 6.54 Å². The Morgan fingerprint density at radius 3 is 2.62 bits per heavy atom. The van der Waals surface area contributed by atoms with Gasteiger partial charge in [-0.15, -0.1) is 0 Å². The molecule has 90 valence electrons. The maximum Gasteiger partial charge on any atom is 0.127 e. The summed E-state index contributed by atoms with van der Waals surface area (Å²) in [6, 6.07) is 5.03. The molecule has 1 aromatic carbocycles. The molecular formula is C13H19BrFN. The summed E-state index contributed by atoms with van der Waals surface area (Å²) in [7, 11) is 0. The van der Waals surface area contributed by atoms with Gasteiger partial charge in [0, 0.05) is 16.6 Å². The monoisotopic (exact) mass is 287 g/mol. The summed E-state index contributed by atoms with van der Waals surface area (Å²) in [6.07, 6.45) is 0. The fourth-order valence-electron chi connectivity index (χ4n) is 1.35. The third kappa shape index (κ3) is 4.22. The van der Waals surface area contributed by atoms with E-state index in [4.69, 9.17) is 0 Å². The average molecular weight is 288 g/mol. The number of benzene rings is 1. The summed E-state index contributed by atoms with van der Waals surface area (Å²) in [5.41, 5.74) is 0.713. The summed E-state index contributed by atoms with van der Waals surface area (Å²) in [5.74, 6) is 1.11. The second-order valence-corrected chi connectivity index (χ2v) is 5.50. The maximum absolute atomic E-state index is 13.4. The highest BCUT2D eigenvalue weighted by Crippen LogP contribution is 2.15. The molecule has 1 aromatic rings. The van der Waals surface area contributed by atoms with Gasteiger partial charge in [0.15, 0.2) is 0 Å². The van der Waals surface area contributed by atoms with Crippen LogP contribution in [0.15, 0.2) is 22.7 Å². The summed E-state index contributed by atoms with van der Waals surface area (Å²) in [6.45, 7) is 8.11. The van der Waals surface area contributed by atoms with Gasteiger partial charge < -0.3 is 5.32 Å². The van der Waals surface area contributed by atoms with Gasteiger partial charge in [-0.3, -0.25) is 0 Å². The number of halogens is 2. The second kappa shape index (κ2) is 6.36. The third-order valence-corrected chi connectivity index (χ3v) is 3.42. The van der Waals surface area contributed by atoms with Crippen LogP contribution in [0.3, 0.4) is 0 Å². The number of rotatable bonds is 5. The molecule has 3 heteroatoms. The quantitative estimate of drug-likeness (QED) is 0.864. The molecule has 0 aromatic heterocycles. The second-order valence-electron chi connectivity index (χ2n) is 4.59. The lowest BCUT2D eigenvalue weighted by Crippen LogP contribution is -2.24. The van der Waals surface area contributed by atoms with Crippen molar-refractivity contribution in [1.29, 1.82) is 0 Å². The van der Waals surface area contributed by atoms with E-state index in [1.807, 2.05) is 6.07 Å². The van der Waals surface area contributed by atoms with Gasteiger partial charge in [0.25, 0.3) is 0 Å². The van der Waals surface area contributed by atoms with Gasteiger partial charge in [-0.2, -0.15) is 0 Å². The van der Waals surface area contributed by atoms with E-state index in [9.17, 15) is 4.39 Å². The molecule has 1 N–H and O–H groups in total. The molecule has 0 fully saturated rings. The van der Waals surface area contributed by atoms with Crippen LogP contribution in [0.1, 0.15) is 26.3 Å². The first-order valence-electron chi connectivity index (χ1n) is 5.65. The molecule has 1 nitrogen and oxygen atoms in total. The largest absolute Gasteiger partial charge is 0.312 e. The predicted octanol–water partition coefficient (Wildman–Crippen LogP) is 3.97. The van der Waals surface area contributed by atoms with E-state index >= 15 is 0 Å². The van der Waals surface area contributed by atoms with E-state index < -0.39 is 0 Å². The number of hydrogen-bond acceptors (Lipinski definition) is 1. The fraction of sp³-hybridized carbons (Fsp3) is 0.538. The van der Waals surface area contributed by atoms with Gasteiger partial charge in [-0.05, 0) is 36.6 Å². The van der Waals surface area contributed by atoms with Crippen molar-refractivity contribution in [3.8, 4) is 0 Å². The summed E-state index contributed by atoms with van der Waals surface area (Å²) < 4.78 is 14.3. The van der Waals surface area contributed by atoms with E-state index in [0.29, 0.717) is 23.9 Å². The van der Waals surface area contributed by atoms with Gasteiger partial charge in [0.1, 0.15) is 5.82 Å². The van der Waals surface area contributed by atoms with Crippen LogP contribution in [0.25, 0.3) is 0 Å². The van der Waals surface area contributed by atoms with Gasteiger partial charge in [-0.1, -0.05) is 36.7 Å². The highest BCUT2D eigenvalue weighted by atomic mass is 79.9. The van der Waals surface area contributed by atoms with Crippen molar-refractivity contribution in [2.45, 2.75) is 27.3 Å². The minimum Gasteiger partial charge on any atom is -0.312 e. The first-order valence-corrected chi connectivity index (χ1v) is 6.44. The Bertz CT molecular complexity index is 339. The van der Waals surface area contributed by atoms with Gasteiger partial charge in [0.05, 0.1) is 0 Å². The molecular weight excluding hydrogens is 269 g/mol. The van der Waals surface area contributed by atoms with Crippen molar-refractivity contribution in [3.63, 3.8) is 0 Å². The lowest BCUT2D eigenvalue weighted by Gasteiger charge is -2.16. The Morgan fingerprint density at radius 2 is 2.00 bits per heavy atom. The zero-order valence-corrected chi connectivity index (χ0v) is 11.6. The summed E-state index contributed by atoms with van der Waals surface area (Å²) >= 11 is 3.35. The van der Waals surface area contributed by atoms with E-state index in [0.717, 1.165) is 11.0 Å². The van der Waals surface area contributed by atoms with Gasteiger partial charge >= 0.3 is 0 Å². The molecule has 1 atom stereocenters. The maximum atomic E-state index is 13.4. The average Bonchev–Trinajstić information content (AvgIpc) is 2.22. The lowest BCUT2D eigenvalue weighted by atomic mass is 9.98. The Kier molecular flexibility index (Phi) is 5.42. The number of hydrogen-bond donors (Lipinski definition) is 1. The Hall–Kier alpha value is -0.410. The smallest absolute Gasteiger partial charge is 0.127 e. The van der Waals surface area contributed by atoms with Crippen LogP contribution in [0.4, 0.5) is 4.39 Å². The van der Waals surface area contributed by atoms with Crippen LogP contribution in [0.5, 0.6) is 0 Å². The van der Waals surface area contributed by atoms with E-state index in [1.165, 1.54) is 6.07 Å². The van der Waals surface area contributed by atoms with Crippen LogP contribution in [0.2, 0.25) is 0 Å². The molecule has 0 aliphatic carbocycles. The molecule has 1 unspecified atom stereocenters. The van der Waals surface area contributed by atoms with E-state index in [2.05, 4.69) is 42.0 Å². The Morgan fingerprint density at radius 1 is 1.31 bits per heavy atom. The molecule has 0 aliphatic rings. The topological polar surface area (TPSA) is 12.0 Å². The van der Waals surface area contributed by atoms with E-state index in [1.54, 1.807) is 6.07 Å². The fourth-order valence-corrected chi connectivity index (χ4v) is 1.76. The highest BCUT2D eigenvalue weighted by molar-refractivity contribution is 9.10. The molecule has 0 saturated heterocycles. The zero-order chi connectivity index (χ0) is 12.1. The molecule has 0 aliphatic heterocycles. The molecule has 0 spiro atoms. The van der Waals surface area contributed by atoms with Gasteiger partial charge in [-0.25, -0.2) is 4.39 Å². The standard InChI is InChI=1S/C13H19BrFN/c1-9(2)10(3)7-16-8-11-6-12(14)4-5-13(11)15/h4-6,9-10,16H,7-8H2,1-3H3. The normalized spacial score (nSPS) is 13.1. The van der Waals surface area contributed by atoms with Crippen LogP contribution in [-0.2, 0) is 6.54 Å². The van der Waals surface area contributed by atoms with Gasteiger partial charge in [0.2, 0.25) is 0 Å². The number of nitrogens with one attached hydrogen (secondary N) is 1. The van der Waals surface area contributed by atoms with Crippen molar-refractivity contribution in [2.24, 2.45) is 11.8 Å². The molecule has 1 rings (SSSR count). The molecule has 0 heterocycles. The van der Waals surface area contributed by atoms with Crippen LogP contribution in [0, 0.1) is 17.7 Å². The Labute approximate surface area is 106 Å². The molecule has 16 heavy (non-hydrogen) atoms. The summed E-state index contributed by atoms with van der Waals surface area (Å²) in [5, 5.41) is 3.29. The molecule has 0 radical (unpaired) electrons. The lowest BCUT2D eigenvalue weighted by molar-refractivity contribution is 0.391. The predicted molar refractivity (Wildman–Crippen MR) is 69.8 cm³/mol. The van der Waals surface area contributed by atoms with E-state index in [-0.39, 0.29) is 5.82 Å².